The summed E-state index contributed by atoms with van der Waals surface area (Å²) in [5.41, 5.74) is 0.393. The highest BCUT2D eigenvalue weighted by molar-refractivity contribution is 14.1. The van der Waals surface area contributed by atoms with Crippen LogP contribution in [0.5, 0.6) is 0 Å². The number of nitrogens with zero attached hydrogens (tertiary/aromatic N) is 1. The quantitative estimate of drug-likeness (QED) is 0.468. The van der Waals surface area contributed by atoms with E-state index in [1.165, 1.54) is 24.3 Å². The largest absolute Gasteiger partial charge is 0.465 e. The molecule has 0 aliphatic rings. The van der Waals surface area contributed by atoms with E-state index in [9.17, 15) is 13.2 Å². The minimum Gasteiger partial charge on any atom is -0.465 e. The zero-order valence-corrected chi connectivity index (χ0v) is 16.5. The van der Waals surface area contributed by atoms with Gasteiger partial charge in [0.25, 0.3) is 10.0 Å². The molecule has 0 N–H and O–H groups in total. The lowest BCUT2D eigenvalue weighted by Crippen LogP contribution is -2.36. The number of carbonyl (C=O) groups excluding carboxylic acids is 1. The van der Waals surface area contributed by atoms with Gasteiger partial charge in [0.2, 0.25) is 0 Å². The van der Waals surface area contributed by atoms with Crippen LogP contribution in [0.3, 0.4) is 0 Å². The Balaban J connectivity index is 2.48. The highest BCUT2D eigenvalue weighted by atomic mass is 127. The SMILES string of the molecule is CCOC(=O)CN(c1cccc(I)c1)S(=O)(=O)c1ccc(Cl)cc1. The predicted molar refractivity (Wildman–Crippen MR) is 102 cm³/mol. The molecule has 0 amide bonds. The molecule has 0 radical (unpaired) electrons. The van der Waals surface area contributed by atoms with Gasteiger partial charge in [0, 0.05) is 8.59 Å². The topological polar surface area (TPSA) is 63.7 Å². The third kappa shape index (κ3) is 4.61. The van der Waals surface area contributed by atoms with E-state index in [0.29, 0.717) is 10.7 Å². The first-order valence-corrected chi connectivity index (χ1v) is 9.93. The minimum absolute atomic E-state index is 0.0510. The lowest BCUT2D eigenvalue weighted by molar-refractivity contribution is -0.141. The maximum Gasteiger partial charge on any atom is 0.326 e. The number of halogens is 2. The highest BCUT2D eigenvalue weighted by Gasteiger charge is 2.27. The van der Waals surface area contributed by atoms with Crippen LogP contribution < -0.4 is 4.31 Å². The van der Waals surface area contributed by atoms with Crippen molar-refractivity contribution in [1.29, 1.82) is 0 Å². The van der Waals surface area contributed by atoms with Crippen molar-refractivity contribution in [3.8, 4) is 0 Å². The predicted octanol–water partition coefficient (Wildman–Crippen LogP) is 3.70. The van der Waals surface area contributed by atoms with Gasteiger partial charge in [-0.2, -0.15) is 0 Å². The number of hydrogen-bond donors (Lipinski definition) is 0. The summed E-state index contributed by atoms with van der Waals surface area (Å²) in [7, 11) is -3.93. The maximum atomic E-state index is 13.0. The standard InChI is InChI=1S/C16H15ClINO4S/c1-2-23-16(20)11-19(14-5-3-4-13(18)10-14)24(21,22)15-8-6-12(17)7-9-15/h3-10H,2,11H2,1H3. The van der Waals surface area contributed by atoms with Gasteiger partial charge in [-0.3, -0.25) is 9.10 Å². The van der Waals surface area contributed by atoms with Crippen LogP contribution in [0, 0.1) is 3.57 Å². The Morgan fingerprint density at radius 2 is 1.88 bits per heavy atom. The Bertz CT molecular complexity index is 824. The van der Waals surface area contributed by atoms with Crippen molar-refractivity contribution >= 4 is 55.9 Å². The number of ether oxygens (including phenoxy) is 1. The Kier molecular flexibility index (Phi) is 6.47. The summed E-state index contributed by atoms with van der Waals surface area (Å²) in [5, 5.41) is 0.431. The summed E-state index contributed by atoms with van der Waals surface area (Å²) in [6.45, 7) is 1.44. The van der Waals surface area contributed by atoms with Gasteiger partial charge in [-0.05, 0) is 72.0 Å². The van der Waals surface area contributed by atoms with Gasteiger partial charge >= 0.3 is 5.97 Å². The second kappa shape index (κ2) is 8.17. The van der Waals surface area contributed by atoms with Crippen LogP contribution >= 0.6 is 34.2 Å². The molecule has 2 rings (SSSR count). The zero-order chi connectivity index (χ0) is 17.7. The van der Waals surface area contributed by atoms with Gasteiger partial charge in [-0.15, -0.1) is 0 Å². The second-order valence-corrected chi connectivity index (χ2v) is 8.29. The summed E-state index contributed by atoms with van der Waals surface area (Å²) >= 11 is 7.90. The fourth-order valence-corrected chi connectivity index (χ4v) is 4.06. The van der Waals surface area contributed by atoms with Crippen LogP contribution in [0.2, 0.25) is 5.02 Å². The van der Waals surface area contributed by atoms with E-state index < -0.39 is 22.5 Å². The number of anilines is 1. The smallest absolute Gasteiger partial charge is 0.326 e. The molecule has 0 spiro atoms. The average Bonchev–Trinajstić information content (AvgIpc) is 2.53. The summed E-state index contributed by atoms with van der Waals surface area (Å²) in [6.07, 6.45) is 0. The molecule has 0 fully saturated rings. The van der Waals surface area contributed by atoms with E-state index in [2.05, 4.69) is 22.6 Å². The molecule has 0 atom stereocenters. The second-order valence-electron chi connectivity index (χ2n) is 4.75. The van der Waals surface area contributed by atoms with Crippen molar-refractivity contribution in [2.45, 2.75) is 11.8 Å². The lowest BCUT2D eigenvalue weighted by atomic mass is 10.3. The molecular formula is C16H15ClINO4S. The van der Waals surface area contributed by atoms with E-state index >= 15 is 0 Å². The van der Waals surface area contributed by atoms with Crippen molar-refractivity contribution in [2.75, 3.05) is 17.5 Å². The molecule has 0 saturated heterocycles. The molecule has 128 valence electrons. The first-order valence-electron chi connectivity index (χ1n) is 7.04. The van der Waals surface area contributed by atoms with Crippen LogP contribution in [0.4, 0.5) is 5.69 Å². The Morgan fingerprint density at radius 1 is 1.21 bits per heavy atom. The van der Waals surface area contributed by atoms with Crippen LogP contribution in [0.1, 0.15) is 6.92 Å². The molecule has 0 unspecified atom stereocenters. The molecular weight excluding hydrogens is 465 g/mol. The number of esters is 1. The Morgan fingerprint density at radius 3 is 2.46 bits per heavy atom. The van der Waals surface area contributed by atoms with Gasteiger partial charge in [0.1, 0.15) is 6.54 Å². The molecule has 24 heavy (non-hydrogen) atoms. The van der Waals surface area contributed by atoms with Crippen molar-refractivity contribution in [1.82, 2.24) is 0 Å². The zero-order valence-electron chi connectivity index (χ0n) is 12.8. The number of benzene rings is 2. The molecule has 2 aromatic carbocycles. The molecule has 0 bridgehead atoms. The number of hydrogen-bond acceptors (Lipinski definition) is 4. The number of sulfonamides is 1. The van der Waals surface area contributed by atoms with E-state index in [4.69, 9.17) is 16.3 Å². The number of carbonyl (C=O) groups is 1. The van der Waals surface area contributed by atoms with Crippen LogP contribution in [-0.2, 0) is 19.6 Å². The summed E-state index contributed by atoms with van der Waals surface area (Å²) < 4.78 is 32.7. The highest BCUT2D eigenvalue weighted by Crippen LogP contribution is 2.26. The van der Waals surface area contributed by atoms with Gasteiger partial charge in [0.05, 0.1) is 17.2 Å². The summed E-state index contributed by atoms with van der Waals surface area (Å²) in [4.78, 5) is 11.9. The van der Waals surface area contributed by atoms with Crippen molar-refractivity contribution in [2.24, 2.45) is 0 Å². The fourth-order valence-electron chi connectivity index (χ4n) is 2.00. The van der Waals surface area contributed by atoms with Crippen LogP contribution in [0.25, 0.3) is 0 Å². The molecule has 2 aromatic rings. The Hall–Kier alpha value is -1.32. The van der Waals surface area contributed by atoms with E-state index in [-0.39, 0.29) is 11.5 Å². The molecule has 0 aliphatic heterocycles. The van der Waals surface area contributed by atoms with Gasteiger partial charge in [0.15, 0.2) is 0 Å². The average molecular weight is 480 g/mol. The van der Waals surface area contributed by atoms with Crippen molar-refractivity contribution < 1.29 is 17.9 Å². The molecule has 0 saturated carbocycles. The Labute approximate surface area is 159 Å². The van der Waals surface area contributed by atoms with E-state index in [1.54, 1.807) is 25.1 Å². The van der Waals surface area contributed by atoms with E-state index in [1.807, 2.05) is 6.07 Å². The van der Waals surface area contributed by atoms with Crippen molar-refractivity contribution in [3.05, 3.63) is 57.1 Å². The molecule has 0 aliphatic carbocycles. The first kappa shape index (κ1) is 19.0. The normalized spacial score (nSPS) is 11.1. The molecule has 5 nitrogen and oxygen atoms in total. The molecule has 8 heteroatoms. The lowest BCUT2D eigenvalue weighted by Gasteiger charge is -2.23. The fraction of sp³-hybridized carbons (Fsp3) is 0.188. The van der Waals surface area contributed by atoms with Crippen LogP contribution in [0.15, 0.2) is 53.4 Å². The molecule has 0 heterocycles. The molecule has 0 aromatic heterocycles. The van der Waals surface area contributed by atoms with Gasteiger partial charge in [-0.25, -0.2) is 8.42 Å². The summed E-state index contributed by atoms with van der Waals surface area (Å²) in [5.74, 6) is -0.617. The first-order chi connectivity index (χ1) is 11.3. The monoisotopic (exact) mass is 479 g/mol. The number of rotatable bonds is 6. The van der Waals surface area contributed by atoms with E-state index in [0.717, 1.165) is 7.88 Å². The third-order valence-electron chi connectivity index (χ3n) is 3.08. The minimum atomic E-state index is -3.93. The maximum absolute atomic E-state index is 13.0. The van der Waals surface area contributed by atoms with Gasteiger partial charge < -0.3 is 4.74 Å². The summed E-state index contributed by atoms with van der Waals surface area (Å²) in [6, 6.07) is 12.7. The van der Waals surface area contributed by atoms with Crippen molar-refractivity contribution in [3.63, 3.8) is 0 Å². The van der Waals surface area contributed by atoms with Gasteiger partial charge in [-0.1, -0.05) is 17.7 Å². The third-order valence-corrected chi connectivity index (χ3v) is 5.79. The van der Waals surface area contributed by atoms with Crippen LogP contribution in [-0.4, -0.2) is 27.5 Å².